The maximum absolute atomic E-state index is 12.6. The molecule has 2 atom stereocenters. The Kier molecular flexibility index (Phi) is 7.93. The number of carbonyl (C=O) groups is 3. The lowest BCUT2D eigenvalue weighted by Gasteiger charge is -2.21. The highest BCUT2D eigenvalue weighted by atomic mass is 32.2. The number of hydrogen-bond acceptors (Lipinski definition) is 6. The minimum Gasteiger partial charge on any atom is -0.481 e. The molecule has 0 aliphatic heterocycles. The number of carboxylic acids is 1. The first kappa shape index (κ1) is 25.2. The molecule has 0 heterocycles. The van der Waals surface area contributed by atoms with Gasteiger partial charge in [-0.15, -0.1) is 0 Å². The summed E-state index contributed by atoms with van der Waals surface area (Å²) in [4.78, 5) is 36.0. The zero-order valence-electron chi connectivity index (χ0n) is 19.0. The molecule has 0 bridgehead atoms. The Labute approximate surface area is 198 Å². The number of hydrogen-bond donors (Lipinski definition) is 3. The van der Waals surface area contributed by atoms with Crippen LogP contribution in [0.25, 0.3) is 11.1 Å². The number of nitrogens with one attached hydrogen (secondary N) is 2. The largest absolute Gasteiger partial charge is 0.481 e. The van der Waals surface area contributed by atoms with Gasteiger partial charge in [0.1, 0.15) is 22.5 Å². The Bertz CT molecular complexity index is 1130. The van der Waals surface area contributed by atoms with Gasteiger partial charge >= 0.3 is 12.1 Å². The zero-order chi connectivity index (χ0) is 24.9. The van der Waals surface area contributed by atoms with Crippen LogP contribution in [0.3, 0.4) is 0 Å². The van der Waals surface area contributed by atoms with Crippen molar-refractivity contribution in [2.24, 2.45) is 0 Å². The molecule has 1 aliphatic carbocycles. The number of ether oxygens (including phenoxy) is 1. The summed E-state index contributed by atoms with van der Waals surface area (Å²) in [6, 6.07) is 13.8. The number of carboxylic acid groups (broad SMARTS) is 1. The van der Waals surface area contributed by atoms with E-state index in [0.717, 1.165) is 28.5 Å². The average Bonchev–Trinajstić information content (AvgIpc) is 3.07. The smallest absolute Gasteiger partial charge is 0.407 e. The van der Waals surface area contributed by atoms with Crippen LogP contribution in [0.5, 0.6) is 0 Å². The number of rotatable bonds is 10. The summed E-state index contributed by atoms with van der Waals surface area (Å²) in [5.74, 6) is -2.27. The van der Waals surface area contributed by atoms with Gasteiger partial charge in [0.15, 0.2) is 0 Å². The van der Waals surface area contributed by atoms with Gasteiger partial charge in [-0.3, -0.25) is 9.59 Å². The third-order valence-electron chi connectivity index (χ3n) is 5.60. The summed E-state index contributed by atoms with van der Waals surface area (Å²) >= 11 is 0. The first-order valence-electron chi connectivity index (χ1n) is 10.9. The van der Waals surface area contributed by atoms with Gasteiger partial charge in [-0.25, -0.2) is 13.2 Å². The molecule has 182 valence electrons. The molecule has 34 heavy (non-hydrogen) atoms. The van der Waals surface area contributed by atoms with Gasteiger partial charge in [-0.2, -0.15) is 0 Å². The Balaban J connectivity index is 1.67. The van der Waals surface area contributed by atoms with Crippen molar-refractivity contribution in [2.45, 2.75) is 37.8 Å². The maximum Gasteiger partial charge on any atom is 0.407 e. The number of carbonyl (C=O) groups excluding carboxylic acids is 2. The second-order valence-electron chi connectivity index (χ2n) is 8.45. The SMILES string of the molecule is CC(CC(=O)O)NC(=O)C(CCS(C)(=O)=O)NC(=O)OCC1c2ccccc2-c2ccccc21. The van der Waals surface area contributed by atoms with E-state index < -0.39 is 39.9 Å². The molecular weight excluding hydrogens is 460 g/mol. The van der Waals surface area contributed by atoms with Crippen LogP contribution in [0.15, 0.2) is 48.5 Å². The van der Waals surface area contributed by atoms with Gasteiger partial charge in [0.05, 0.1) is 12.2 Å². The van der Waals surface area contributed by atoms with Crippen LogP contribution in [0.1, 0.15) is 36.8 Å². The molecule has 3 rings (SSSR count). The lowest BCUT2D eigenvalue weighted by Crippen LogP contribution is -2.50. The molecule has 2 unspecified atom stereocenters. The highest BCUT2D eigenvalue weighted by molar-refractivity contribution is 7.90. The van der Waals surface area contributed by atoms with E-state index in [4.69, 9.17) is 9.84 Å². The molecule has 0 aromatic heterocycles. The lowest BCUT2D eigenvalue weighted by atomic mass is 9.98. The number of aliphatic carboxylic acids is 1. The van der Waals surface area contributed by atoms with E-state index in [-0.39, 0.29) is 31.1 Å². The number of fused-ring (bicyclic) bond motifs is 3. The van der Waals surface area contributed by atoms with Gasteiger partial charge in [0.25, 0.3) is 0 Å². The van der Waals surface area contributed by atoms with E-state index in [9.17, 15) is 22.8 Å². The third-order valence-corrected chi connectivity index (χ3v) is 6.58. The van der Waals surface area contributed by atoms with Gasteiger partial charge < -0.3 is 20.5 Å². The summed E-state index contributed by atoms with van der Waals surface area (Å²) in [5.41, 5.74) is 4.21. The van der Waals surface area contributed by atoms with Crippen molar-refractivity contribution in [1.82, 2.24) is 10.6 Å². The lowest BCUT2D eigenvalue weighted by molar-refractivity contribution is -0.137. The molecule has 2 aromatic carbocycles. The van der Waals surface area contributed by atoms with Crippen molar-refractivity contribution < 1.29 is 32.6 Å². The van der Waals surface area contributed by atoms with Gasteiger partial charge in [-0.1, -0.05) is 48.5 Å². The molecule has 2 aromatic rings. The van der Waals surface area contributed by atoms with E-state index in [2.05, 4.69) is 10.6 Å². The molecule has 0 saturated carbocycles. The minimum atomic E-state index is -3.39. The van der Waals surface area contributed by atoms with Crippen molar-refractivity contribution in [1.29, 1.82) is 0 Å². The van der Waals surface area contributed by atoms with Crippen LogP contribution in [-0.4, -0.2) is 62.2 Å². The Morgan fingerprint density at radius 1 is 1.00 bits per heavy atom. The zero-order valence-corrected chi connectivity index (χ0v) is 19.8. The van der Waals surface area contributed by atoms with Crippen LogP contribution in [0.2, 0.25) is 0 Å². The fraction of sp³-hybridized carbons (Fsp3) is 0.375. The number of sulfone groups is 1. The summed E-state index contributed by atoms with van der Waals surface area (Å²) in [6.07, 6.45) is -0.312. The Morgan fingerprint density at radius 3 is 2.09 bits per heavy atom. The minimum absolute atomic E-state index is 0.0374. The molecular formula is C24H28N2O7S. The van der Waals surface area contributed by atoms with Gasteiger partial charge in [-0.05, 0) is 35.6 Å². The molecule has 2 amide bonds. The highest BCUT2D eigenvalue weighted by Crippen LogP contribution is 2.44. The normalized spacial score (nSPS) is 14.4. The van der Waals surface area contributed by atoms with E-state index in [1.165, 1.54) is 6.92 Å². The average molecular weight is 489 g/mol. The van der Waals surface area contributed by atoms with Crippen molar-refractivity contribution in [3.05, 3.63) is 59.7 Å². The summed E-state index contributed by atoms with van der Waals surface area (Å²) < 4.78 is 28.6. The molecule has 0 spiro atoms. The van der Waals surface area contributed by atoms with Crippen molar-refractivity contribution in [3.8, 4) is 11.1 Å². The second kappa shape index (κ2) is 10.7. The number of alkyl carbamates (subject to hydrolysis) is 1. The van der Waals surface area contributed by atoms with Crippen molar-refractivity contribution in [2.75, 3.05) is 18.6 Å². The topological polar surface area (TPSA) is 139 Å². The van der Waals surface area contributed by atoms with Gasteiger partial charge in [0, 0.05) is 18.2 Å². The van der Waals surface area contributed by atoms with E-state index in [1.807, 2.05) is 48.5 Å². The molecule has 9 nitrogen and oxygen atoms in total. The van der Waals surface area contributed by atoms with Crippen LogP contribution < -0.4 is 10.6 Å². The standard InChI is InChI=1S/C24H28N2O7S/c1-15(13-22(27)28)25-23(29)21(11-12-34(2,31)32)26-24(30)33-14-20-18-9-5-3-7-16(18)17-8-4-6-10-19(17)20/h3-10,15,20-21H,11-14H2,1-2H3,(H,25,29)(H,26,30)(H,27,28). The predicted molar refractivity (Wildman–Crippen MR) is 126 cm³/mol. The second-order valence-corrected chi connectivity index (χ2v) is 10.7. The van der Waals surface area contributed by atoms with Crippen LogP contribution in [0, 0.1) is 0 Å². The molecule has 10 heteroatoms. The highest BCUT2D eigenvalue weighted by Gasteiger charge is 2.30. The molecule has 0 fully saturated rings. The first-order chi connectivity index (χ1) is 16.0. The summed E-state index contributed by atoms with van der Waals surface area (Å²) in [7, 11) is -3.39. The summed E-state index contributed by atoms with van der Waals surface area (Å²) in [5, 5.41) is 13.8. The Hall–Kier alpha value is -3.40. The van der Waals surface area contributed by atoms with E-state index >= 15 is 0 Å². The molecule has 3 N–H and O–H groups in total. The number of amides is 2. The van der Waals surface area contributed by atoms with Crippen molar-refractivity contribution >= 4 is 27.8 Å². The van der Waals surface area contributed by atoms with Crippen LogP contribution in [-0.2, 0) is 24.2 Å². The first-order valence-corrected chi connectivity index (χ1v) is 12.9. The monoisotopic (exact) mass is 488 g/mol. The molecule has 1 aliphatic rings. The summed E-state index contributed by atoms with van der Waals surface area (Å²) in [6.45, 7) is 1.54. The fourth-order valence-corrected chi connectivity index (χ4v) is 4.70. The Morgan fingerprint density at radius 2 is 1.56 bits per heavy atom. The third kappa shape index (κ3) is 6.57. The number of benzene rings is 2. The van der Waals surface area contributed by atoms with Crippen molar-refractivity contribution in [3.63, 3.8) is 0 Å². The predicted octanol–water partition coefficient (Wildman–Crippen LogP) is 2.31. The van der Waals surface area contributed by atoms with Crippen LogP contribution in [0.4, 0.5) is 4.79 Å². The van der Waals surface area contributed by atoms with Crippen LogP contribution >= 0.6 is 0 Å². The quantitative estimate of drug-likeness (QED) is 0.466. The van der Waals surface area contributed by atoms with E-state index in [1.54, 1.807) is 0 Å². The maximum atomic E-state index is 12.6. The molecule has 0 radical (unpaired) electrons. The molecule has 0 saturated heterocycles. The van der Waals surface area contributed by atoms with Gasteiger partial charge in [0.2, 0.25) is 5.91 Å². The fourth-order valence-electron chi connectivity index (χ4n) is 4.04. The van der Waals surface area contributed by atoms with E-state index in [0.29, 0.717) is 0 Å².